The van der Waals surface area contributed by atoms with Crippen molar-refractivity contribution in [3.05, 3.63) is 35.4 Å². The summed E-state index contributed by atoms with van der Waals surface area (Å²) in [5, 5.41) is 21.3. The Morgan fingerprint density at radius 1 is 1.00 bits per heavy atom. The third kappa shape index (κ3) is 8.08. The lowest BCUT2D eigenvalue weighted by Crippen LogP contribution is -2.48. The van der Waals surface area contributed by atoms with E-state index in [9.17, 15) is 29.4 Å². The van der Waals surface area contributed by atoms with E-state index in [2.05, 4.69) is 5.32 Å². The van der Waals surface area contributed by atoms with E-state index in [1.807, 2.05) is 21.9 Å². The Morgan fingerprint density at radius 3 is 2.19 bits per heavy atom. The number of benzene rings is 1. The first-order valence-corrected chi connectivity index (χ1v) is 10.2. The molecule has 3 N–H and O–H groups in total. The Balaban J connectivity index is 2.27. The van der Waals surface area contributed by atoms with Gasteiger partial charge in [0.15, 0.2) is 0 Å². The second kappa shape index (κ2) is 12.1. The number of nitrogens with zero attached hydrogens (tertiary/aromatic N) is 3. The molecular weight excluding hydrogens is 404 g/mol. The van der Waals surface area contributed by atoms with Crippen molar-refractivity contribution in [2.45, 2.75) is 12.5 Å². The highest BCUT2D eigenvalue weighted by Gasteiger charge is 2.27. The largest absolute Gasteiger partial charge is 0.480 e. The van der Waals surface area contributed by atoms with Gasteiger partial charge in [-0.25, -0.2) is 0 Å². The van der Waals surface area contributed by atoms with Crippen molar-refractivity contribution in [1.29, 1.82) is 0 Å². The number of carboxylic acids is 2. The van der Waals surface area contributed by atoms with Gasteiger partial charge >= 0.3 is 11.9 Å². The Bertz CT molecular complexity index is 770. The summed E-state index contributed by atoms with van der Waals surface area (Å²) in [5.74, 6) is -2.12. The van der Waals surface area contributed by atoms with Crippen LogP contribution in [0.2, 0.25) is 0 Å². The lowest BCUT2D eigenvalue weighted by molar-refractivity contribution is -0.140. The van der Waals surface area contributed by atoms with E-state index < -0.39 is 11.9 Å². The molecule has 2 rings (SSSR count). The number of hydrogen-bond donors (Lipinski definition) is 3. The number of aldehydes is 1. The monoisotopic (exact) mass is 434 g/mol. The Labute approximate surface area is 181 Å². The number of hydrogen-bond acceptors (Lipinski definition) is 7. The van der Waals surface area contributed by atoms with Crippen LogP contribution in [0.25, 0.3) is 0 Å². The topological polar surface area (TPSA) is 130 Å². The zero-order chi connectivity index (χ0) is 22.8. The van der Waals surface area contributed by atoms with E-state index in [0.29, 0.717) is 44.7 Å². The van der Waals surface area contributed by atoms with Gasteiger partial charge in [0.2, 0.25) is 0 Å². The third-order valence-corrected chi connectivity index (χ3v) is 5.37. The van der Waals surface area contributed by atoms with Gasteiger partial charge in [-0.1, -0.05) is 12.1 Å². The summed E-state index contributed by atoms with van der Waals surface area (Å²) < 4.78 is 0. The van der Waals surface area contributed by atoms with Gasteiger partial charge in [-0.15, -0.1) is 0 Å². The molecule has 1 atom stereocenters. The molecule has 1 saturated heterocycles. The summed E-state index contributed by atoms with van der Waals surface area (Å²) in [4.78, 5) is 51.1. The average molecular weight is 434 g/mol. The molecule has 1 aromatic rings. The number of rotatable bonds is 9. The predicted molar refractivity (Wildman–Crippen MR) is 113 cm³/mol. The van der Waals surface area contributed by atoms with E-state index in [1.54, 1.807) is 24.1 Å². The summed E-state index contributed by atoms with van der Waals surface area (Å²) in [7, 11) is 1.56. The predicted octanol–water partition coefficient (Wildman–Crippen LogP) is -0.755. The van der Waals surface area contributed by atoms with E-state index in [4.69, 9.17) is 0 Å². The van der Waals surface area contributed by atoms with Crippen LogP contribution in [-0.2, 0) is 20.8 Å². The fraction of sp³-hybridized carbons (Fsp3) is 0.524. The quantitative estimate of drug-likeness (QED) is 0.430. The van der Waals surface area contributed by atoms with E-state index in [0.717, 1.165) is 11.8 Å². The molecule has 0 saturated carbocycles. The molecule has 0 aliphatic carbocycles. The maximum atomic E-state index is 11.8. The molecule has 1 unspecified atom stereocenters. The number of carboxylic acid groups (broad SMARTS) is 2. The first-order chi connectivity index (χ1) is 14.8. The maximum Gasteiger partial charge on any atom is 0.317 e. The smallest absolute Gasteiger partial charge is 0.317 e. The van der Waals surface area contributed by atoms with Crippen molar-refractivity contribution in [3.8, 4) is 0 Å². The lowest BCUT2D eigenvalue weighted by atomic mass is 10.0. The molecule has 0 bridgehead atoms. The molecule has 1 aromatic carbocycles. The van der Waals surface area contributed by atoms with Crippen molar-refractivity contribution in [3.63, 3.8) is 0 Å². The molecule has 1 heterocycles. The first-order valence-electron chi connectivity index (χ1n) is 10.2. The van der Waals surface area contributed by atoms with E-state index >= 15 is 0 Å². The molecule has 10 heteroatoms. The van der Waals surface area contributed by atoms with Crippen LogP contribution in [0.5, 0.6) is 0 Å². The van der Waals surface area contributed by atoms with Crippen LogP contribution in [-0.4, -0.2) is 114 Å². The van der Waals surface area contributed by atoms with Crippen LogP contribution in [0.3, 0.4) is 0 Å². The summed E-state index contributed by atoms with van der Waals surface area (Å²) in [5.41, 5.74) is 1.45. The van der Waals surface area contributed by atoms with E-state index in [1.165, 1.54) is 0 Å². The fourth-order valence-corrected chi connectivity index (χ4v) is 3.76. The van der Waals surface area contributed by atoms with Gasteiger partial charge in [0.1, 0.15) is 6.29 Å². The molecule has 0 spiro atoms. The minimum Gasteiger partial charge on any atom is -0.480 e. The summed E-state index contributed by atoms with van der Waals surface area (Å²) in [6, 6.07) is 6.85. The van der Waals surface area contributed by atoms with Crippen molar-refractivity contribution in [1.82, 2.24) is 20.0 Å². The minimum atomic E-state index is -0.967. The SMILES string of the molecule is CNC(=O)c1ccc(CC2CN(CC(=O)O)CCN(CC=O)CCN2CC(=O)O)cc1. The lowest BCUT2D eigenvalue weighted by Gasteiger charge is -2.33. The molecule has 1 amide bonds. The highest BCUT2D eigenvalue weighted by molar-refractivity contribution is 5.93. The van der Waals surface area contributed by atoms with Crippen molar-refractivity contribution in [2.24, 2.45) is 0 Å². The Hall–Kier alpha value is -2.82. The van der Waals surface area contributed by atoms with Gasteiger partial charge in [0.05, 0.1) is 19.6 Å². The normalized spacial score (nSPS) is 19.1. The molecule has 31 heavy (non-hydrogen) atoms. The van der Waals surface area contributed by atoms with E-state index in [-0.39, 0.29) is 31.6 Å². The number of amides is 1. The van der Waals surface area contributed by atoms with Crippen molar-refractivity contribution < 1.29 is 29.4 Å². The second-order valence-corrected chi connectivity index (χ2v) is 7.59. The van der Waals surface area contributed by atoms with Gasteiger partial charge in [0.25, 0.3) is 5.91 Å². The van der Waals surface area contributed by atoms with Gasteiger partial charge in [0, 0.05) is 51.4 Å². The third-order valence-electron chi connectivity index (χ3n) is 5.37. The van der Waals surface area contributed by atoms with Crippen LogP contribution in [0.15, 0.2) is 24.3 Å². The van der Waals surface area contributed by atoms with Gasteiger partial charge in [-0.2, -0.15) is 0 Å². The second-order valence-electron chi connectivity index (χ2n) is 7.59. The number of aliphatic carboxylic acids is 2. The average Bonchev–Trinajstić information content (AvgIpc) is 2.79. The van der Waals surface area contributed by atoms with Crippen LogP contribution < -0.4 is 5.32 Å². The zero-order valence-electron chi connectivity index (χ0n) is 17.7. The Morgan fingerprint density at radius 2 is 1.61 bits per heavy atom. The molecule has 0 aromatic heterocycles. The highest BCUT2D eigenvalue weighted by atomic mass is 16.4. The summed E-state index contributed by atoms with van der Waals surface area (Å²) >= 11 is 0. The first kappa shape index (κ1) is 24.4. The highest BCUT2D eigenvalue weighted by Crippen LogP contribution is 2.14. The Kier molecular flexibility index (Phi) is 9.57. The number of carbonyl (C=O) groups excluding carboxylic acids is 2. The van der Waals surface area contributed by atoms with Crippen molar-refractivity contribution >= 4 is 24.1 Å². The molecule has 170 valence electrons. The summed E-state index contributed by atoms with van der Waals surface area (Å²) in [6.45, 7) is 2.20. The molecule has 0 radical (unpaired) electrons. The number of nitrogens with one attached hydrogen (secondary N) is 1. The van der Waals surface area contributed by atoms with Crippen LogP contribution in [0.4, 0.5) is 0 Å². The molecule has 10 nitrogen and oxygen atoms in total. The standard InChI is InChI=1S/C21H30N4O6/c1-22-21(31)17-4-2-16(3-5-17)12-18-13-24(14-19(27)28)7-6-23(10-11-26)8-9-25(18)15-20(29)30/h2-5,11,18H,6-10,12-15H2,1H3,(H,22,31)(H,27,28)(H,29,30). The van der Waals surface area contributed by atoms with Gasteiger partial charge < -0.3 is 20.3 Å². The summed E-state index contributed by atoms with van der Waals surface area (Å²) in [6.07, 6.45) is 1.30. The minimum absolute atomic E-state index is 0.165. The number of carbonyl (C=O) groups is 4. The van der Waals surface area contributed by atoms with Gasteiger partial charge in [-0.3, -0.25) is 29.1 Å². The molecule has 1 aliphatic rings. The van der Waals surface area contributed by atoms with Crippen LogP contribution in [0.1, 0.15) is 15.9 Å². The molecular formula is C21H30N4O6. The molecule has 1 aliphatic heterocycles. The van der Waals surface area contributed by atoms with Crippen molar-refractivity contribution in [2.75, 3.05) is 59.4 Å². The molecule has 1 fully saturated rings. The maximum absolute atomic E-state index is 11.8. The zero-order valence-corrected chi connectivity index (χ0v) is 17.7. The fourth-order valence-electron chi connectivity index (χ4n) is 3.76. The van der Waals surface area contributed by atoms with Crippen LogP contribution >= 0.6 is 0 Å². The van der Waals surface area contributed by atoms with Crippen LogP contribution in [0, 0.1) is 0 Å². The van der Waals surface area contributed by atoms with Gasteiger partial charge in [-0.05, 0) is 24.1 Å².